The molecule has 2 aliphatic rings. The van der Waals surface area contributed by atoms with E-state index < -0.39 is 0 Å². The highest BCUT2D eigenvalue weighted by molar-refractivity contribution is 4.80. The van der Waals surface area contributed by atoms with Gasteiger partial charge in [0, 0.05) is 13.1 Å². The molecule has 2 rings (SSSR count). The highest BCUT2D eigenvalue weighted by atomic mass is 16.5. The van der Waals surface area contributed by atoms with E-state index in [1.54, 1.807) is 0 Å². The maximum Gasteiger partial charge on any atom is 0.0731 e. The first-order chi connectivity index (χ1) is 6.36. The third-order valence-corrected chi connectivity index (χ3v) is 3.36. The van der Waals surface area contributed by atoms with Crippen LogP contribution >= 0.6 is 0 Å². The van der Waals surface area contributed by atoms with E-state index in [1.807, 2.05) is 0 Å². The SMILES string of the molecule is CC1CNCC(C2CCCCC2)O1. The Kier molecular flexibility index (Phi) is 3.23. The summed E-state index contributed by atoms with van der Waals surface area (Å²) in [4.78, 5) is 0. The van der Waals surface area contributed by atoms with Crippen molar-refractivity contribution in [1.29, 1.82) is 0 Å². The Labute approximate surface area is 81.0 Å². The molecule has 0 aromatic rings. The fourth-order valence-corrected chi connectivity index (χ4v) is 2.61. The molecule has 0 aromatic carbocycles. The fourth-order valence-electron chi connectivity index (χ4n) is 2.61. The molecule has 0 bridgehead atoms. The number of hydrogen-bond donors (Lipinski definition) is 1. The lowest BCUT2D eigenvalue weighted by Gasteiger charge is -2.36. The zero-order valence-electron chi connectivity index (χ0n) is 8.59. The second-order valence-electron chi connectivity index (χ2n) is 4.54. The van der Waals surface area contributed by atoms with Crippen molar-refractivity contribution in [2.75, 3.05) is 13.1 Å². The molecule has 2 unspecified atom stereocenters. The van der Waals surface area contributed by atoms with Gasteiger partial charge in [0.2, 0.25) is 0 Å². The molecule has 0 radical (unpaired) electrons. The first-order valence-corrected chi connectivity index (χ1v) is 5.72. The van der Waals surface area contributed by atoms with Crippen molar-refractivity contribution in [3.63, 3.8) is 0 Å². The van der Waals surface area contributed by atoms with Crippen molar-refractivity contribution in [3.05, 3.63) is 0 Å². The van der Waals surface area contributed by atoms with Crippen molar-refractivity contribution in [3.8, 4) is 0 Å². The Morgan fingerprint density at radius 3 is 2.54 bits per heavy atom. The van der Waals surface area contributed by atoms with E-state index in [4.69, 9.17) is 4.74 Å². The van der Waals surface area contributed by atoms with Crippen LogP contribution in [0.25, 0.3) is 0 Å². The lowest BCUT2D eigenvalue weighted by Crippen LogP contribution is -2.47. The van der Waals surface area contributed by atoms with Crippen LogP contribution in [0.5, 0.6) is 0 Å². The molecule has 13 heavy (non-hydrogen) atoms. The van der Waals surface area contributed by atoms with Crippen LogP contribution in [0, 0.1) is 5.92 Å². The van der Waals surface area contributed by atoms with Crippen LogP contribution in [-0.2, 0) is 4.74 Å². The first kappa shape index (κ1) is 9.47. The zero-order valence-corrected chi connectivity index (χ0v) is 8.59. The summed E-state index contributed by atoms with van der Waals surface area (Å²) in [5, 5.41) is 3.46. The summed E-state index contributed by atoms with van der Waals surface area (Å²) in [6.45, 7) is 4.28. The maximum absolute atomic E-state index is 5.96. The van der Waals surface area contributed by atoms with Gasteiger partial charge in [0.1, 0.15) is 0 Å². The van der Waals surface area contributed by atoms with Crippen molar-refractivity contribution in [1.82, 2.24) is 5.32 Å². The summed E-state index contributed by atoms with van der Waals surface area (Å²) >= 11 is 0. The van der Waals surface area contributed by atoms with Crippen LogP contribution in [0.4, 0.5) is 0 Å². The summed E-state index contributed by atoms with van der Waals surface area (Å²) in [7, 11) is 0. The molecule has 0 amide bonds. The zero-order chi connectivity index (χ0) is 9.10. The molecule has 2 fully saturated rings. The van der Waals surface area contributed by atoms with Gasteiger partial charge in [-0.1, -0.05) is 19.3 Å². The molecule has 1 saturated carbocycles. The topological polar surface area (TPSA) is 21.3 Å². The molecular formula is C11H21NO. The number of morpholine rings is 1. The monoisotopic (exact) mass is 183 g/mol. The highest BCUT2D eigenvalue weighted by Crippen LogP contribution is 2.29. The minimum Gasteiger partial charge on any atom is -0.372 e. The van der Waals surface area contributed by atoms with Crippen molar-refractivity contribution < 1.29 is 4.74 Å². The molecule has 1 heterocycles. The van der Waals surface area contributed by atoms with E-state index in [9.17, 15) is 0 Å². The van der Waals surface area contributed by atoms with Crippen LogP contribution in [-0.4, -0.2) is 25.3 Å². The summed E-state index contributed by atoms with van der Waals surface area (Å²) in [5.41, 5.74) is 0. The van der Waals surface area contributed by atoms with Gasteiger partial charge < -0.3 is 10.1 Å². The van der Waals surface area contributed by atoms with Crippen molar-refractivity contribution in [2.24, 2.45) is 5.92 Å². The molecule has 76 valence electrons. The van der Waals surface area contributed by atoms with Crippen LogP contribution in [0.3, 0.4) is 0 Å². The Hall–Kier alpha value is -0.0800. The average molecular weight is 183 g/mol. The molecule has 1 saturated heterocycles. The van der Waals surface area contributed by atoms with Gasteiger partial charge >= 0.3 is 0 Å². The van der Waals surface area contributed by atoms with Crippen LogP contribution in [0.2, 0.25) is 0 Å². The minimum absolute atomic E-state index is 0.417. The molecule has 1 aliphatic carbocycles. The van der Waals surface area contributed by atoms with Gasteiger partial charge in [-0.25, -0.2) is 0 Å². The van der Waals surface area contributed by atoms with E-state index in [0.717, 1.165) is 19.0 Å². The predicted octanol–water partition coefficient (Wildman–Crippen LogP) is 1.94. The van der Waals surface area contributed by atoms with E-state index in [0.29, 0.717) is 12.2 Å². The molecule has 1 aliphatic heterocycles. The lowest BCUT2D eigenvalue weighted by atomic mass is 9.84. The Morgan fingerprint density at radius 2 is 1.85 bits per heavy atom. The van der Waals surface area contributed by atoms with E-state index in [-0.39, 0.29) is 0 Å². The standard InChI is InChI=1S/C11H21NO/c1-9-7-12-8-11(13-9)10-5-3-2-4-6-10/h9-12H,2-8H2,1H3. The molecule has 1 N–H and O–H groups in total. The summed E-state index contributed by atoms with van der Waals surface area (Å²) in [6.07, 6.45) is 7.96. The Morgan fingerprint density at radius 1 is 1.08 bits per heavy atom. The Balaban J connectivity index is 1.83. The quantitative estimate of drug-likeness (QED) is 0.671. The molecule has 0 aromatic heterocycles. The van der Waals surface area contributed by atoms with Crippen molar-refractivity contribution >= 4 is 0 Å². The molecule has 2 nitrogen and oxygen atoms in total. The van der Waals surface area contributed by atoms with Gasteiger partial charge in [-0.2, -0.15) is 0 Å². The number of nitrogens with one attached hydrogen (secondary N) is 1. The van der Waals surface area contributed by atoms with Gasteiger partial charge in [-0.3, -0.25) is 0 Å². The first-order valence-electron chi connectivity index (χ1n) is 5.72. The van der Waals surface area contributed by atoms with Gasteiger partial charge in [-0.15, -0.1) is 0 Å². The summed E-state index contributed by atoms with van der Waals surface area (Å²) < 4.78 is 5.96. The lowest BCUT2D eigenvalue weighted by molar-refractivity contribution is -0.0639. The second kappa shape index (κ2) is 4.43. The number of rotatable bonds is 1. The normalized spacial score (nSPS) is 37.6. The molecule has 0 spiro atoms. The van der Waals surface area contributed by atoms with Crippen LogP contribution < -0.4 is 5.32 Å². The number of ether oxygens (including phenoxy) is 1. The van der Waals surface area contributed by atoms with Gasteiger partial charge in [0.05, 0.1) is 12.2 Å². The van der Waals surface area contributed by atoms with E-state index in [1.165, 1.54) is 32.1 Å². The Bertz CT molecular complexity index is 154. The van der Waals surface area contributed by atoms with Crippen molar-refractivity contribution in [2.45, 2.75) is 51.2 Å². The molecular weight excluding hydrogens is 162 g/mol. The van der Waals surface area contributed by atoms with E-state index >= 15 is 0 Å². The summed E-state index contributed by atoms with van der Waals surface area (Å²) in [5.74, 6) is 0.837. The third kappa shape index (κ3) is 2.44. The van der Waals surface area contributed by atoms with Gasteiger partial charge in [0.25, 0.3) is 0 Å². The second-order valence-corrected chi connectivity index (χ2v) is 4.54. The minimum atomic E-state index is 0.417. The summed E-state index contributed by atoms with van der Waals surface area (Å²) in [6, 6.07) is 0. The van der Waals surface area contributed by atoms with Gasteiger partial charge in [0.15, 0.2) is 0 Å². The number of hydrogen-bond acceptors (Lipinski definition) is 2. The maximum atomic E-state index is 5.96. The smallest absolute Gasteiger partial charge is 0.0731 e. The van der Waals surface area contributed by atoms with Crippen LogP contribution in [0.1, 0.15) is 39.0 Å². The molecule has 2 heteroatoms. The highest BCUT2D eigenvalue weighted by Gasteiger charge is 2.27. The fraction of sp³-hybridized carbons (Fsp3) is 1.00. The van der Waals surface area contributed by atoms with E-state index in [2.05, 4.69) is 12.2 Å². The van der Waals surface area contributed by atoms with Gasteiger partial charge in [-0.05, 0) is 25.7 Å². The third-order valence-electron chi connectivity index (χ3n) is 3.36. The largest absolute Gasteiger partial charge is 0.372 e. The van der Waals surface area contributed by atoms with Crippen LogP contribution in [0.15, 0.2) is 0 Å². The predicted molar refractivity (Wildman–Crippen MR) is 53.8 cm³/mol. The average Bonchev–Trinajstić information content (AvgIpc) is 2.19. The molecule has 2 atom stereocenters.